The van der Waals surface area contributed by atoms with Gasteiger partial charge in [-0.1, -0.05) is 6.07 Å². The van der Waals surface area contributed by atoms with Crippen LogP contribution in [-0.4, -0.2) is 52.5 Å². The van der Waals surface area contributed by atoms with Gasteiger partial charge in [0.05, 0.1) is 11.7 Å². The van der Waals surface area contributed by atoms with Crippen molar-refractivity contribution in [3.8, 4) is 0 Å². The van der Waals surface area contributed by atoms with E-state index in [0.29, 0.717) is 0 Å². The molecule has 1 fully saturated rings. The molecule has 20 heavy (non-hydrogen) atoms. The van der Waals surface area contributed by atoms with Gasteiger partial charge in [0.2, 0.25) is 0 Å². The summed E-state index contributed by atoms with van der Waals surface area (Å²) in [5, 5.41) is 0. The fourth-order valence-corrected chi connectivity index (χ4v) is 3.01. The Hall–Kier alpha value is -0.970. The maximum absolute atomic E-state index is 6.22. The number of nitrogens with two attached hydrogens (primary N) is 1. The Morgan fingerprint density at radius 3 is 2.25 bits per heavy atom. The van der Waals surface area contributed by atoms with E-state index in [4.69, 9.17) is 5.73 Å². The smallest absolute Gasteiger partial charge is 0.0671 e. The molecular weight excluding hydrogens is 248 g/mol. The van der Waals surface area contributed by atoms with Gasteiger partial charge < -0.3 is 5.73 Å². The Morgan fingerprint density at radius 2 is 1.80 bits per heavy atom. The van der Waals surface area contributed by atoms with Crippen LogP contribution in [0.4, 0.5) is 0 Å². The van der Waals surface area contributed by atoms with E-state index >= 15 is 0 Å². The Labute approximate surface area is 123 Å². The predicted octanol–water partition coefficient (Wildman–Crippen LogP) is 1.89. The van der Waals surface area contributed by atoms with Gasteiger partial charge in [-0.05, 0) is 39.8 Å². The highest BCUT2D eigenvalue weighted by molar-refractivity contribution is 5.11. The second-order valence-corrected chi connectivity index (χ2v) is 6.75. The second kappa shape index (κ2) is 6.20. The van der Waals surface area contributed by atoms with Crippen LogP contribution < -0.4 is 5.73 Å². The van der Waals surface area contributed by atoms with E-state index in [-0.39, 0.29) is 17.6 Å². The van der Waals surface area contributed by atoms with Gasteiger partial charge in [0.25, 0.3) is 0 Å². The SMILES string of the molecule is CC(N)C(c1ccccn1)N1CCN(C(C)(C)C)CC1. The third kappa shape index (κ3) is 3.57. The molecule has 2 N–H and O–H groups in total. The summed E-state index contributed by atoms with van der Waals surface area (Å²) >= 11 is 0. The molecule has 2 unspecified atom stereocenters. The summed E-state index contributed by atoms with van der Waals surface area (Å²) in [6.07, 6.45) is 1.86. The number of hydrogen-bond donors (Lipinski definition) is 1. The molecule has 0 spiro atoms. The zero-order valence-corrected chi connectivity index (χ0v) is 13.2. The highest BCUT2D eigenvalue weighted by Crippen LogP contribution is 2.25. The number of rotatable bonds is 3. The molecule has 1 aliphatic rings. The van der Waals surface area contributed by atoms with Crippen LogP contribution in [0.25, 0.3) is 0 Å². The first-order valence-electron chi connectivity index (χ1n) is 7.55. The van der Waals surface area contributed by atoms with Crippen LogP contribution in [0.5, 0.6) is 0 Å². The molecule has 0 aromatic carbocycles. The molecular formula is C16H28N4. The third-order valence-electron chi connectivity index (χ3n) is 4.15. The van der Waals surface area contributed by atoms with Crippen LogP contribution in [0.1, 0.15) is 39.4 Å². The van der Waals surface area contributed by atoms with Crippen molar-refractivity contribution in [1.29, 1.82) is 0 Å². The van der Waals surface area contributed by atoms with Gasteiger partial charge in [-0.25, -0.2) is 0 Å². The van der Waals surface area contributed by atoms with Crippen LogP contribution in [0.15, 0.2) is 24.4 Å². The lowest BCUT2D eigenvalue weighted by molar-refractivity contribution is 0.0359. The lowest BCUT2D eigenvalue weighted by atomic mass is 10.0. The molecule has 4 heteroatoms. The first-order chi connectivity index (χ1) is 9.39. The summed E-state index contributed by atoms with van der Waals surface area (Å²) in [5.41, 5.74) is 7.57. The average molecular weight is 276 g/mol. The van der Waals surface area contributed by atoms with Crippen molar-refractivity contribution in [2.75, 3.05) is 26.2 Å². The van der Waals surface area contributed by atoms with Crippen molar-refractivity contribution < 1.29 is 0 Å². The van der Waals surface area contributed by atoms with Crippen LogP contribution in [0, 0.1) is 0 Å². The highest BCUT2D eigenvalue weighted by atomic mass is 15.3. The van der Waals surface area contributed by atoms with E-state index < -0.39 is 0 Å². The van der Waals surface area contributed by atoms with Crippen molar-refractivity contribution in [1.82, 2.24) is 14.8 Å². The number of aromatic nitrogens is 1. The maximum atomic E-state index is 6.22. The molecule has 0 saturated carbocycles. The standard InChI is InChI=1S/C16H28N4/c1-13(17)15(14-7-5-6-8-18-14)19-9-11-20(12-10-19)16(2,3)4/h5-8,13,15H,9-12,17H2,1-4H3. The third-order valence-corrected chi connectivity index (χ3v) is 4.15. The molecule has 2 atom stereocenters. The minimum atomic E-state index is 0.0890. The van der Waals surface area contributed by atoms with Crippen molar-refractivity contribution in [2.24, 2.45) is 5.73 Å². The van der Waals surface area contributed by atoms with Gasteiger partial charge in [0.1, 0.15) is 0 Å². The molecule has 0 bridgehead atoms. The number of piperazine rings is 1. The molecule has 2 rings (SSSR count). The summed E-state index contributed by atoms with van der Waals surface area (Å²) in [6.45, 7) is 13.2. The van der Waals surface area contributed by atoms with Crippen molar-refractivity contribution >= 4 is 0 Å². The number of nitrogens with zero attached hydrogens (tertiary/aromatic N) is 3. The minimum absolute atomic E-state index is 0.0890. The van der Waals surface area contributed by atoms with E-state index in [1.807, 2.05) is 18.3 Å². The molecule has 112 valence electrons. The Balaban J connectivity index is 2.07. The Bertz CT molecular complexity index is 402. The molecule has 1 saturated heterocycles. The van der Waals surface area contributed by atoms with Crippen LogP contribution in [-0.2, 0) is 0 Å². The molecule has 0 radical (unpaired) electrons. The van der Waals surface area contributed by atoms with Crippen molar-refractivity contribution in [3.05, 3.63) is 30.1 Å². The van der Waals surface area contributed by atoms with Gasteiger partial charge in [0, 0.05) is 44.0 Å². The maximum Gasteiger partial charge on any atom is 0.0671 e. The molecule has 0 aliphatic carbocycles. The summed E-state index contributed by atoms with van der Waals surface area (Å²) in [6, 6.07) is 6.40. The lowest BCUT2D eigenvalue weighted by Crippen LogP contribution is -2.55. The zero-order chi connectivity index (χ0) is 14.8. The van der Waals surface area contributed by atoms with Gasteiger partial charge in [-0.15, -0.1) is 0 Å². The fourth-order valence-electron chi connectivity index (χ4n) is 3.01. The van der Waals surface area contributed by atoms with Crippen molar-refractivity contribution in [3.63, 3.8) is 0 Å². The summed E-state index contributed by atoms with van der Waals surface area (Å²) in [7, 11) is 0. The first kappa shape index (κ1) is 15.4. The van der Waals surface area contributed by atoms with Gasteiger partial charge in [0.15, 0.2) is 0 Å². The topological polar surface area (TPSA) is 45.4 Å². The monoisotopic (exact) mass is 276 g/mol. The fraction of sp³-hybridized carbons (Fsp3) is 0.688. The molecule has 1 aliphatic heterocycles. The number of hydrogen-bond acceptors (Lipinski definition) is 4. The average Bonchev–Trinajstić information content (AvgIpc) is 2.39. The van der Waals surface area contributed by atoms with Gasteiger partial charge in [-0.3, -0.25) is 14.8 Å². The predicted molar refractivity (Wildman–Crippen MR) is 83.5 cm³/mol. The number of pyridine rings is 1. The quantitative estimate of drug-likeness (QED) is 0.915. The van der Waals surface area contributed by atoms with Gasteiger partial charge >= 0.3 is 0 Å². The van der Waals surface area contributed by atoms with E-state index in [0.717, 1.165) is 31.9 Å². The van der Waals surface area contributed by atoms with E-state index in [1.54, 1.807) is 0 Å². The molecule has 4 nitrogen and oxygen atoms in total. The van der Waals surface area contributed by atoms with Crippen LogP contribution in [0.3, 0.4) is 0 Å². The van der Waals surface area contributed by atoms with Gasteiger partial charge in [-0.2, -0.15) is 0 Å². The minimum Gasteiger partial charge on any atom is -0.326 e. The second-order valence-electron chi connectivity index (χ2n) is 6.75. The van der Waals surface area contributed by atoms with Crippen LogP contribution in [0.2, 0.25) is 0 Å². The normalized spacial score (nSPS) is 21.6. The largest absolute Gasteiger partial charge is 0.326 e. The lowest BCUT2D eigenvalue weighted by Gasteiger charge is -2.45. The van der Waals surface area contributed by atoms with Crippen LogP contribution >= 0.6 is 0 Å². The molecule has 0 amide bonds. The summed E-state index contributed by atoms with van der Waals surface area (Å²) in [4.78, 5) is 9.53. The summed E-state index contributed by atoms with van der Waals surface area (Å²) in [5.74, 6) is 0. The molecule has 1 aromatic rings. The first-order valence-corrected chi connectivity index (χ1v) is 7.55. The Morgan fingerprint density at radius 1 is 1.15 bits per heavy atom. The highest BCUT2D eigenvalue weighted by Gasteiger charge is 2.31. The van der Waals surface area contributed by atoms with E-state index in [9.17, 15) is 0 Å². The van der Waals surface area contributed by atoms with E-state index in [2.05, 4.69) is 48.5 Å². The molecule has 1 aromatic heterocycles. The van der Waals surface area contributed by atoms with E-state index in [1.165, 1.54) is 0 Å². The van der Waals surface area contributed by atoms with Crippen molar-refractivity contribution in [2.45, 2.75) is 45.3 Å². The Kier molecular flexibility index (Phi) is 4.78. The molecule has 2 heterocycles. The summed E-state index contributed by atoms with van der Waals surface area (Å²) < 4.78 is 0. The zero-order valence-electron chi connectivity index (χ0n) is 13.2.